The summed E-state index contributed by atoms with van der Waals surface area (Å²) in [6, 6.07) is 3.56. The summed E-state index contributed by atoms with van der Waals surface area (Å²) in [5.41, 5.74) is 1.24. The molecule has 3 rings (SSSR count). The fraction of sp³-hybridized carbons (Fsp3) is 0.348. The number of amides is 1. The highest BCUT2D eigenvalue weighted by atomic mass is 32.2. The molecule has 0 saturated heterocycles. The monoisotopic (exact) mass is 533 g/mol. The minimum atomic E-state index is -0.360. The zero-order chi connectivity index (χ0) is 26.1. The van der Waals surface area contributed by atoms with E-state index in [2.05, 4.69) is 27.1 Å². The number of methoxy groups -OCH3 is 3. The molecule has 0 aliphatic heterocycles. The molecule has 1 amide bonds. The summed E-state index contributed by atoms with van der Waals surface area (Å²) in [7, 11) is 4.61. The van der Waals surface area contributed by atoms with Gasteiger partial charge in [0.05, 0.1) is 45.8 Å². The average Bonchev–Trinajstić information content (AvgIpc) is 3.48. The molecule has 0 radical (unpaired) electrons. The molecular formula is C23H27N5O6S2. The van der Waals surface area contributed by atoms with E-state index in [1.54, 1.807) is 30.5 Å². The molecule has 0 atom stereocenters. The van der Waals surface area contributed by atoms with Crippen LogP contribution in [0, 0.1) is 0 Å². The van der Waals surface area contributed by atoms with Crippen molar-refractivity contribution in [3.05, 3.63) is 35.9 Å². The third-order valence-electron chi connectivity index (χ3n) is 4.71. The number of benzene rings is 1. The molecule has 0 unspecified atom stereocenters. The Kier molecular flexibility index (Phi) is 9.70. The van der Waals surface area contributed by atoms with Crippen LogP contribution in [0.5, 0.6) is 17.2 Å². The molecule has 0 aliphatic carbocycles. The summed E-state index contributed by atoms with van der Waals surface area (Å²) in [4.78, 5) is 28.4. The van der Waals surface area contributed by atoms with Crippen LogP contribution in [0.2, 0.25) is 0 Å². The van der Waals surface area contributed by atoms with E-state index in [1.165, 1.54) is 44.4 Å². The van der Waals surface area contributed by atoms with Gasteiger partial charge in [0.15, 0.2) is 27.6 Å². The van der Waals surface area contributed by atoms with Gasteiger partial charge in [0.25, 0.3) is 0 Å². The van der Waals surface area contributed by atoms with Crippen LogP contribution in [0.25, 0.3) is 11.4 Å². The Morgan fingerprint density at radius 2 is 1.89 bits per heavy atom. The van der Waals surface area contributed by atoms with Crippen LogP contribution in [0.3, 0.4) is 0 Å². The van der Waals surface area contributed by atoms with Gasteiger partial charge in [-0.05, 0) is 19.1 Å². The highest BCUT2D eigenvalue weighted by Gasteiger charge is 2.20. The smallest absolute Gasteiger partial charge is 0.311 e. The molecule has 0 bridgehead atoms. The van der Waals surface area contributed by atoms with Crippen molar-refractivity contribution < 1.29 is 28.5 Å². The number of carbonyl (C=O) groups is 2. The van der Waals surface area contributed by atoms with Crippen LogP contribution in [0.1, 0.15) is 12.6 Å². The second-order valence-corrected chi connectivity index (χ2v) is 8.88. The molecular weight excluding hydrogens is 506 g/mol. The van der Waals surface area contributed by atoms with E-state index in [0.717, 1.165) is 0 Å². The molecule has 36 heavy (non-hydrogen) atoms. The number of rotatable bonds is 13. The minimum Gasteiger partial charge on any atom is -0.493 e. The SMILES string of the molecule is C=CCn1c(SCC(=O)Nc2nc(CC(=O)OCC)cs2)nnc1-c1cc(OC)c(OC)c(OC)c1. The number of nitrogens with one attached hydrogen (secondary N) is 1. The van der Waals surface area contributed by atoms with Crippen molar-refractivity contribution in [3.63, 3.8) is 0 Å². The summed E-state index contributed by atoms with van der Waals surface area (Å²) in [6.45, 7) is 6.29. The first-order valence-corrected chi connectivity index (χ1v) is 12.7. The maximum Gasteiger partial charge on any atom is 0.311 e. The Morgan fingerprint density at radius 1 is 1.17 bits per heavy atom. The van der Waals surface area contributed by atoms with Crippen LogP contribution < -0.4 is 19.5 Å². The van der Waals surface area contributed by atoms with Crippen molar-refractivity contribution >= 4 is 40.1 Å². The molecule has 3 aromatic rings. The molecule has 0 aliphatic rings. The molecule has 0 fully saturated rings. The third-order valence-corrected chi connectivity index (χ3v) is 6.49. The van der Waals surface area contributed by atoms with E-state index >= 15 is 0 Å². The fourth-order valence-corrected chi connectivity index (χ4v) is 4.68. The van der Waals surface area contributed by atoms with Gasteiger partial charge in [-0.3, -0.25) is 14.2 Å². The normalized spacial score (nSPS) is 10.6. The van der Waals surface area contributed by atoms with Gasteiger partial charge in [-0.25, -0.2) is 4.98 Å². The molecule has 192 valence electrons. The number of hydrogen-bond acceptors (Lipinski definition) is 11. The largest absolute Gasteiger partial charge is 0.493 e. The van der Waals surface area contributed by atoms with E-state index in [9.17, 15) is 9.59 Å². The summed E-state index contributed by atoms with van der Waals surface area (Å²) in [5, 5.41) is 14.0. The number of aromatic nitrogens is 4. The molecule has 1 N–H and O–H groups in total. The molecule has 0 saturated carbocycles. The van der Waals surface area contributed by atoms with Gasteiger partial charge in [0.2, 0.25) is 11.7 Å². The lowest BCUT2D eigenvalue weighted by Gasteiger charge is -2.14. The van der Waals surface area contributed by atoms with Gasteiger partial charge >= 0.3 is 5.97 Å². The van der Waals surface area contributed by atoms with Crippen LogP contribution in [0.4, 0.5) is 5.13 Å². The molecule has 11 nitrogen and oxygen atoms in total. The van der Waals surface area contributed by atoms with E-state index in [4.69, 9.17) is 18.9 Å². The molecule has 1 aromatic carbocycles. The number of thiazole rings is 1. The maximum atomic E-state index is 12.5. The van der Waals surface area contributed by atoms with Gasteiger partial charge in [-0.2, -0.15) is 0 Å². The summed E-state index contributed by atoms with van der Waals surface area (Å²) in [5.74, 6) is 1.45. The van der Waals surface area contributed by atoms with Crippen molar-refractivity contribution in [3.8, 4) is 28.6 Å². The Bertz CT molecular complexity index is 1200. The number of carbonyl (C=O) groups excluding carboxylic acids is 2. The van der Waals surface area contributed by atoms with Crippen LogP contribution >= 0.6 is 23.1 Å². The van der Waals surface area contributed by atoms with E-state index in [-0.39, 0.29) is 24.1 Å². The second-order valence-electron chi connectivity index (χ2n) is 7.08. The zero-order valence-electron chi connectivity index (χ0n) is 20.4. The summed E-state index contributed by atoms with van der Waals surface area (Å²) in [6.07, 6.45) is 1.78. The Hall–Kier alpha value is -3.58. The molecule has 2 heterocycles. The standard InChI is InChI=1S/C23H27N5O6S2/c1-6-8-28-21(14-9-16(31-3)20(33-5)17(10-14)32-4)26-27-23(28)36-13-18(29)25-22-24-15(12-35-22)11-19(30)34-7-2/h6,9-10,12H,1,7-8,11,13H2,2-5H3,(H,24,25,29). The first kappa shape index (κ1) is 27.0. The predicted molar refractivity (Wildman–Crippen MR) is 137 cm³/mol. The lowest BCUT2D eigenvalue weighted by Crippen LogP contribution is -2.15. The summed E-state index contributed by atoms with van der Waals surface area (Å²) < 4.78 is 23.0. The lowest BCUT2D eigenvalue weighted by atomic mass is 10.1. The predicted octanol–water partition coefficient (Wildman–Crippen LogP) is 3.45. The maximum absolute atomic E-state index is 12.5. The van der Waals surface area contributed by atoms with Gasteiger partial charge in [-0.15, -0.1) is 28.1 Å². The van der Waals surface area contributed by atoms with Gasteiger partial charge in [0, 0.05) is 17.5 Å². The topological polar surface area (TPSA) is 127 Å². The van der Waals surface area contributed by atoms with Crippen molar-refractivity contribution in [1.29, 1.82) is 0 Å². The van der Waals surface area contributed by atoms with Crippen molar-refractivity contribution in [2.45, 2.75) is 25.0 Å². The lowest BCUT2D eigenvalue weighted by molar-refractivity contribution is -0.142. The van der Waals surface area contributed by atoms with Gasteiger partial charge in [0.1, 0.15) is 0 Å². The number of nitrogens with zero attached hydrogens (tertiary/aromatic N) is 4. The number of anilines is 1. The van der Waals surface area contributed by atoms with Gasteiger partial charge in [-0.1, -0.05) is 17.8 Å². The fourth-order valence-electron chi connectivity index (χ4n) is 3.20. The van der Waals surface area contributed by atoms with Crippen LogP contribution in [-0.2, 0) is 27.3 Å². The molecule has 2 aromatic heterocycles. The Morgan fingerprint density at radius 3 is 2.50 bits per heavy atom. The quantitative estimate of drug-likeness (QED) is 0.198. The Balaban J connectivity index is 1.73. The van der Waals surface area contributed by atoms with E-state index in [0.29, 0.717) is 57.8 Å². The number of esters is 1. The highest BCUT2D eigenvalue weighted by Crippen LogP contribution is 2.41. The second kappa shape index (κ2) is 12.9. The first-order valence-electron chi connectivity index (χ1n) is 10.8. The van der Waals surface area contributed by atoms with Crippen molar-refractivity contribution in [2.24, 2.45) is 0 Å². The number of ether oxygens (including phenoxy) is 4. The molecule has 0 spiro atoms. The average molecular weight is 534 g/mol. The minimum absolute atomic E-state index is 0.0589. The zero-order valence-corrected chi connectivity index (χ0v) is 22.0. The third kappa shape index (κ3) is 6.55. The van der Waals surface area contributed by atoms with Gasteiger partial charge < -0.3 is 24.3 Å². The van der Waals surface area contributed by atoms with Crippen LogP contribution in [0.15, 0.2) is 35.3 Å². The van der Waals surface area contributed by atoms with E-state index in [1.807, 2.05) is 4.57 Å². The number of hydrogen-bond donors (Lipinski definition) is 1. The van der Waals surface area contributed by atoms with Crippen molar-refractivity contribution in [2.75, 3.05) is 39.0 Å². The Labute approximate surface area is 216 Å². The highest BCUT2D eigenvalue weighted by molar-refractivity contribution is 7.99. The van der Waals surface area contributed by atoms with Crippen molar-refractivity contribution in [1.82, 2.24) is 19.7 Å². The van der Waals surface area contributed by atoms with E-state index < -0.39 is 0 Å². The number of thioether (sulfide) groups is 1. The number of allylic oxidation sites excluding steroid dienone is 1. The van der Waals surface area contributed by atoms with Crippen LogP contribution in [-0.4, -0.2) is 65.3 Å². The first-order chi connectivity index (χ1) is 17.4. The summed E-state index contributed by atoms with van der Waals surface area (Å²) >= 11 is 2.47. The molecule has 13 heteroatoms.